The largest absolute Gasteiger partial charge is 0.452 e. The minimum absolute atomic E-state index is 0.129. The fourth-order valence-corrected chi connectivity index (χ4v) is 4.67. The number of rotatable bonds is 6. The van der Waals surface area contributed by atoms with Crippen molar-refractivity contribution in [1.29, 1.82) is 0 Å². The van der Waals surface area contributed by atoms with E-state index in [1.165, 1.54) is 4.31 Å². The number of benzene rings is 2. The molecular weight excluding hydrogens is 469 g/mol. The van der Waals surface area contributed by atoms with Crippen molar-refractivity contribution in [3.63, 3.8) is 0 Å². The summed E-state index contributed by atoms with van der Waals surface area (Å²) in [5, 5.41) is 4.50. The van der Waals surface area contributed by atoms with Crippen LogP contribution in [0.1, 0.15) is 21.5 Å². The Morgan fingerprint density at radius 2 is 1.79 bits per heavy atom. The van der Waals surface area contributed by atoms with Gasteiger partial charge in [0, 0.05) is 18.8 Å². The number of hydrogen-bond donors (Lipinski definition) is 2. The molecule has 0 aromatic heterocycles. The topological polar surface area (TPSA) is 131 Å². The van der Waals surface area contributed by atoms with E-state index >= 15 is 0 Å². The van der Waals surface area contributed by atoms with Gasteiger partial charge in [-0.1, -0.05) is 17.7 Å². The highest BCUT2D eigenvalue weighted by atomic mass is 32.2. The number of nitrogens with one attached hydrogen (secondary N) is 2. The molecule has 3 amide bonds. The Hall–Kier alpha value is -3.35. The summed E-state index contributed by atoms with van der Waals surface area (Å²) in [7, 11) is -3.97. The molecule has 2 aromatic carbocycles. The van der Waals surface area contributed by atoms with E-state index in [9.17, 15) is 27.2 Å². The van der Waals surface area contributed by atoms with Crippen molar-refractivity contribution in [3.05, 3.63) is 58.9 Å². The van der Waals surface area contributed by atoms with E-state index in [2.05, 4.69) is 5.32 Å². The van der Waals surface area contributed by atoms with Crippen LogP contribution in [0.4, 0.5) is 14.9 Å². The highest BCUT2D eigenvalue weighted by Crippen LogP contribution is 2.21. The number of imide groups is 1. The van der Waals surface area contributed by atoms with Crippen LogP contribution in [0, 0.1) is 19.7 Å². The number of carbonyl (C=O) groups is 3. The lowest BCUT2D eigenvalue weighted by atomic mass is 10.1. The second-order valence-corrected chi connectivity index (χ2v) is 9.49. The lowest BCUT2D eigenvalue weighted by molar-refractivity contribution is -0.123. The van der Waals surface area contributed by atoms with Gasteiger partial charge in [0.05, 0.1) is 23.7 Å². The second-order valence-electron chi connectivity index (χ2n) is 7.55. The molecule has 0 spiro atoms. The van der Waals surface area contributed by atoms with Crippen molar-refractivity contribution in [2.24, 2.45) is 0 Å². The van der Waals surface area contributed by atoms with Crippen LogP contribution < -0.4 is 10.6 Å². The summed E-state index contributed by atoms with van der Waals surface area (Å²) in [6.07, 6.45) is 0. The summed E-state index contributed by atoms with van der Waals surface area (Å²) < 4.78 is 50.8. The van der Waals surface area contributed by atoms with E-state index in [-0.39, 0.29) is 31.2 Å². The molecule has 2 aromatic rings. The van der Waals surface area contributed by atoms with Gasteiger partial charge < -0.3 is 14.8 Å². The summed E-state index contributed by atoms with van der Waals surface area (Å²) in [5.74, 6) is -3.21. The fraction of sp³-hybridized carbons (Fsp3) is 0.318. The number of urea groups is 1. The lowest BCUT2D eigenvalue weighted by Gasteiger charge is -2.26. The van der Waals surface area contributed by atoms with Gasteiger partial charge in [0.15, 0.2) is 6.61 Å². The first-order chi connectivity index (χ1) is 16.1. The number of hydrogen-bond acceptors (Lipinski definition) is 7. The maximum atomic E-state index is 14.2. The lowest BCUT2D eigenvalue weighted by Crippen LogP contribution is -2.40. The Morgan fingerprint density at radius 1 is 1.09 bits per heavy atom. The third-order valence-electron chi connectivity index (χ3n) is 4.98. The first kappa shape index (κ1) is 25.3. The van der Waals surface area contributed by atoms with E-state index < -0.39 is 45.9 Å². The van der Waals surface area contributed by atoms with Crippen molar-refractivity contribution in [2.45, 2.75) is 18.7 Å². The SMILES string of the molecule is Cc1ccc(NC(=O)NC(=O)COC(=O)c2cc(S(=O)(=O)N3CCOCC3)ccc2F)c(C)c1. The van der Waals surface area contributed by atoms with Gasteiger partial charge in [-0.05, 0) is 43.7 Å². The Balaban J connectivity index is 1.60. The zero-order chi connectivity index (χ0) is 24.9. The zero-order valence-corrected chi connectivity index (χ0v) is 19.4. The molecule has 12 heteroatoms. The average molecular weight is 494 g/mol. The van der Waals surface area contributed by atoms with Crippen LogP contribution in [0.5, 0.6) is 0 Å². The number of ether oxygens (including phenoxy) is 2. The van der Waals surface area contributed by atoms with Crippen molar-refractivity contribution in [1.82, 2.24) is 9.62 Å². The molecule has 2 N–H and O–H groups in total. The van der Waals surface area contributed by atoms with Gasteiger partial charge in [0.2, 0.25) is 10.0 Å². The maximum Gasteiger partial charge on any atom is 0.341 e. The summed E-state index contributed by atoms with van der Waals surface area (Å²) in [4.78, 5) is 36.0. The van der Waals surface area contributed by atoms with Gasteiger partial charge >= 0.3 is 12.0 Å². The van der Waals surface area contributed by atoms with E-state index in [0.717, 1.165) is 29.3 Å². The van der Waals surface area contributed by atoms with Crippen LogP contribution in [0.25, 0.3) is 0 Å². The van der Waals surface area contributed by atoms with Crippen molar-refractivity contribution in [2.75, 3.05) is 38.2 Å². The molecule has 34 heavy (non-hydrogen) atoms. The van der Waals surface area contributed by atoms with Gasteiger partial charge in [-0.2, -0.15) is 4.31 Å². The van der Waals surface area contributed by atoms with E-state index in [1.54, 1.807) is 19.1 Å². The molecule has 0 aliphatic carbocycles. The second kappa shape index (κ2) is 10.7. The molecule has 1 fully saturated rings. The van der Waals surface area contributed by atoms with E-state index in [4.69, 9.17) is 9.47 Å². The van der Waals surface area contributed by atoms with Crippen LogP contribution in [0.3, 0.4) is 0 Å². The van der Waals surface area contributed by atoms with Crippen molar-refractivity contribution in [3.8, 4) is 0 Å². The summed E-state index contributed by atoms with van der Waals surface area (Å²) >= 11 is 0. The Bertz CT molecular complexity index is 1210. The minimum atomic E-state index is -3.97. The number of amides is 3. The smallest absolute Gasteiger partial charge is 0.341 e. The van der Waals surface area contributed by atoms with Gasteiger partial charge in [-0.3, -0.25) is 10.1 Å². The Labute approximate surface area is 196 Å². The molecular formula is C22H24FN3O7S. The first-order valence-corrected chi connectivity index (χ1v) is 11.7. The number of aryl methyl sites for hydroxylation is 2. The molecule has 0 saturated carbocycles. The number of carbonyl (C=O) groups excluding carboxylic acids is 3. The summed E-state index contributed by atoms with van der Waals surface area (Å²) in [6.45, 7) is 3.51. The highest BCUT2D eigenvalue weighted by molar-refractivity contribution is 7.89. The number of esters is 1. The monoisotopic (exact) mass is 493 g/mol. The predicted molar refractivity (Wildman–Crippen MR) is 119 cm³/mol. The molecule has 10 nitrogen and oxygen atoms in total. The summed E-state index contributed by atoms with van der Waals surface area (Å²) in [5.41, 5.74) is 1.63. The van der Waals surface area contributed by atoms with Crippen molar-refractivity contribution >= 4 is 33.6 Å². The molecule has 0 atom stereocenters. The Morgan fingerprint density at radius 3 is 2.47 bits per heavy atom. The van der Waals surface area contributed by atoms with Crippen LogP contribution in [-0.2, 0) is 24.3 Å². The molecule has 182 valence electrons. The molecule has 1 heterocycles. The van der Waals surface area contributed by atoms with Crippen LogP contribution in [0.2, 0.25) is 0 Å². The highest BCUT2D eigenvalue weighted by Gasteiger charge is 2.28. The fourth-order valence-electron chi connectivity index (χ4n) is 3.24. The van der Waals surface area contributed by atoms with Gasteiger partial charge in [-0.25, -0.2) is 22.4 Å². The number of morpholine rings is 1. The quantitative estimate of drug-likeness (QED) is 0.588. The molecule has 0 radical (unpaired) electrons. The third-order valence-corrected chi connectivity index (χ3v) is 6.88. The molecule has 1 aliphatic rings. The molecule has 3 rings (SSSR count). The van der Waals surface area contributed by atoms with Gasteiger partial charge in [0.25, 0.3) is 5.91 Å². The van der Waals surface area contributed by atoms with Gasteiger partial charge in [-0.15, -0.1) is 0 Å². The Kier molecular flexibility index (Phi) is 7.97. The van der Waals surface area contributed by atoms with E-state index in [1.807, 2.05) is 18.3 Å². The zero-order valence-electron chi connectivity index (χ0n) is 18.6. The van der Waals surface area contributed by atoms with Crippen LogP contribution in [0.15, 0.2) is 41.3 Å². The number of halogens is 1. The van der Waals surface area contributed by atoms with E-state index in [0.29, 0.717) is 5.69 Å². The normalized spacial score (nSPS) is 14.3. The number of anilines is 1. The molecule has 1 aliphatic heterocycles. The molecule has 1 saturated heterocycles. The maximum absolute atomic E-state index is 14.2. The van der Waals surface area contributed by atoms with Crippen LogP contribution in [-0.4, -0.2) is 63.5 Å². The van der Waals surface area contributed by atoms with Crippen LogP contribution >= 0.6 is 0 Å². The predicted octanol–water partition coefficient (Wildman–Crippen LogP) is 1.97. The first-order valence-electron chi connectivity index (χ1n) is 10.3. The van der Waals surface area contributed by atoms with Gasteiger partial charge in [0.1, 0.15) is 5.82 Å². The summed E-state index contributed by atoms with van der Waals surface area (Å²) in [6, 6.07) is 7.21. The third kappa shape index (κ3) is 6.16. The average Bonchev–Trinajstić information content (AvgIpc) is 2.80. The van der Waals surface area contributed by atoms with Crippen molar-refractivity contribution < 1.29 is 36.7 Å². The minimum Gasteiger partial charge on any atom is -0.452 e. The molecule has 0 bridgehead atoms. The number of sulfonamides is 1. The number of nitrogens with zero attached hydrogens (tertiary/aromatic N) is 1. The molecule has 0 unspecified atom stereocenters. The standard InChI is InChI=1S/C22H24FN3O7S/c1-14-3-6-19(15(2)11-14)24-22(29)25-20(27)13-33-21(28)17-12-16(4-5-18(17)23)34(30,31)26-7-9-32-10-8-26/h3-6,11-12H,7-10,13H2,1-2H3,(H2,24,25,27,29).